The molecule has 12 aromatic rings. The summed E-state index contributed by atoms with van der Waals surface area (Å²) in [5.74, 6) is 0. The third-order valence-electron chi connectivity index (χ3n) is 12.8. The van der Waals surface area contributed by atoms with Crippen LogP contribution in [0.5, 0.6) is 0 Å². The molecular weight excluding hydrogens is 773 g/mol. The van der Waals surface area contributed by atoms with Gasteiger partial charge in [-0.25, -0.2) is 0 Å². The van der Waals surface area contributed by atoms with Gasteiger partial charge in [0.15, 0.2) is 0 Å². The largest absolute Gasteiger partial charge is 0.310 e. The first-order valence-electron chi connectivity index (χ1n) is 22.0. The Balaban J connectivity index is 0.926. The van der Waals surface area contributed by atoms with E-state index in [1.165, 1.54) is 82.3 Å². The molecular formula is C62H42N2. The van der Waals surface area contributed by atoms with Gasteiger partial charge in [-0.3, -0.25) is 0 Å². The fourth-order valence-electron chi connectivity index (χ4n) is 9.65. The second-order valence-corrected chi connectivity index (χ2v) is 16.5. The molecule has 0 saturated carbocycles. The van der Waals surface area contributed by atoms with Crippen LogP contribution in [0.2, 0.25) is 0 Å². The molecule has 1 aromatic heterocycles. The molecule has 0 aliphatic carbocycles. The molecule has 0 atom stereocenters. The van der Waals surface area contributed by atoms with Crippen LogP contribution in [0.3, 0.4) is 0 Å². The second-order valence-electron chi connectivity index (χ2n) is 16.5. The van der Waals surface area contributed by atoms with Crippen LogP contribution in [0, 0.1) is 0 Å². The molecule has 1 heterocycles. The lowest BCUT2D eigenvalue weighted by Crippen LogP contribution is -2.11. The standard InChI is InChI=1S/C62H42N2/c1-2-15-49-41-51(32-29-43(49)13-1)57-20-5-8-24-60(57)63(52-37-33-45(34-38-52)44-27-30-48(31-28-44)56-23-12-16-47-14-3-4-19-55(47)56)53-39-35-46(36-40-53)50-17-11-18-54(42-50)64-61-25-9-6-21-58(61)59-22-7-10-26-62(59)64/h1-42H. The zero-order valence-electron chi connectivity index (χ0n) is 35.1. The first-order chi connectivity index (χ1) is 31.7. The third-order valence-corrected chi connectivity index (χ3v) is 12.8. The Morgan fingerprint density at radius 2 is 0.750 bits per heavy atom. The van der Waals surface area contributed by atoms with Gasteiger partial charge in [-0.15, -0.1) is 0 Å². The number of nitrogens with zero attached hydrogens (tertiary/aromatic N) is 2. The monoisotopic (exact) mass is 814 g/mol. The zero-order valence-corrected chi connectivity index (χ0v) is 35.1. The Bertz CT molecular complexity index is 3590. The Labute approximate surface area is 373 Å². The van der Waals surface area contributed by atoms with Gasteiger partial charge in [0.25, 0.3) is 0 Å². The maximum atomic E-state index is 2.40. The molecule has 0 N–H and O–H groups in total. The molecule has 64 heavy (non-hydrogen) atoms. The molecule has 0 amide bonds. The first-order valence-corrected chi connectivity index (χ1v) is 22.0. The van der Waals surface area contributed by atoms with Crippen molar-refractivity contribution in [3.8, 4) is 50.2 Å². The van der Waals surface area contributed by atoms with Gasteiger partial charge in [-0.2, -0.15) is 0 Å². The number of aromatic nitrogens is 1. The molecule has 12 rings (SSSR count). The summed E-state index contributed by atoms with van der Waals surface area (Å²) >= 11 is 0. The van der Waals surface area contributed by atoms with E-state index < -0.39 is 0 Å². The summed E-state index contributed by atoms with van der Waals surface area (Å²) < 4.78 is 2.39. The average molecular weight is 815 g/mol. The van der Waals surface area contributed by atoms with Crippen LogP contribution in [-0.2, 0) is 0 Å². The SMILES string of the molecule is c1cc(-c2ccc(N(c3ccc(-c4ccc(-c5cccc6ccccc56)cc4)cc3)c3ccccc3-c3ccc4ccccc4c3)cc2)cc(-n2c3ccccc3c3ccccc32)c1. The minimum atomic E-state index is 1.09. The summed E-state index contributed by atoms with van der Waals surface area (Å²) in [5, 5.41) is 7.51. The van der Waals surface area contributed by atoms with E-state index in [2.05, 4.69) is 264 Å². The predicted octanol–water partition coefficient (Wildman–Crippen LogP) is 17.2. The number of para-hydroxylation sites is 3. The molecule has 0 spiro atoms. The molecule has 0 radical (unpaired) electrons. The van der Waals surface area contributed by atoms with Gasteiger partial charge in [-0.05, 0) is 121 Å². The van der Waals surface area contributed by atoms with Gasteiger partial charge < -0.3 is 9.47 Å². The van der Waals surface area contributed by atoms with Gasteiger partial charge in [-0.1, -0.05) is 194 Å². The van der Waals surface area contributed by atoms with E-state index in [1.54, 1.807) is 0 Å². The fraction of sp³-hybridized carbons (Fsp3) is 0. The van der Waals surface area contributed by atoms with E-state index in [9.17, 15) is 0 Å². The van der Waals surface area contributed by atoms with Gasteiger partial charge in [0.1, 0.15) is 0 Å². The van der Waals surface area contributed by atoms with Gasteiger partial charge in [0, 0.05) is 33.4 Å². The van der Waals surface area contributed by atoms with Crippen molar-refractivity contribution in [2.75, 3.05) is 4.90 Å². The van der Waals surface area contributed by atoms with E-state index in [0.29, 0.717) is 0 Å². The zero-order chi connectivity index (χ0) is 42.4. The van der Waals surface area contributed by atoms with Gasteiger partial charge >= 0.3 is 0 Å². The Hall–Kier alpha value is -8.46. The summed E-state index contributed by atoms with van der Waals surface area (Å²) in [7, 11) is 0. The fourth-order valence-corrected chi connectivity index (χ4v) is 9.65. The highest BCUT2D eigenvalue weighted by atomic mass is 15.1. The van der Waals surface area contributed by atoms with Crippen molar-refractivity contribution in [2.24, 2.45) is 0 Å². The van der Waals surface area contributed by atoms with Gasteiger partial charge in [0.05, 0.1) is 16.7 Å². The molecule has 0 saturated heterocycles. The molecule has 0 fully saturated rings. The second kappa shape index (κ2) is 15.8. The minimum absolute atomic E-state index is 1.09. The summed E-state index contributed by atoms with van der Waals surface area (Å²) in [4.78, 5) is 2.40. The first kappa shape index (κ1) is 37.3. The van der Waals surface area contributed by atoms with Crippen LogP contribution in [0.25, 0.3) is 93.5 Å². The lowest BCUT2D eigenvalue weighted by atomic mass is 9.96. The predicted molar refractivity (Wildman–Crippen MR) is 272 cm³/mol. The van der Waals surface area contributed by atoms with E-state index in [4.69, 9.17) is 0 Å². The maximum Gasteiger partial charge on any atom is 0.0541 e. The average Bonchev–Trinajstić information content (AvgIpc) is 3.71. The molecule has 0 aliphatic rings. The van der Waals surface area contributed by atoms with Crippen molar-refractivity contribution < 1.29 is 0 Å². The molecule has 2 nitrogen and oxygen atoms in total. The quantitative estimate of drug-likeness (QED) is 0.148. The van der Waals surface area contributed by atoms with Crippen molar-refractivity contribution in [2.45, 2.75) is 0 Å². The highest BCUT2D eigenvalue weighted by Gasteiger charge is 2.19. The Morgan fingerprint density at radius 3 is 1.45 bits per heavy atom. The van der Waals surface area contributed by atoms with Crippen LogP contribution in [-0.4, -0.2) is 4.57 Å². The molecule has 0 bridgehead atoms. The summed E-state index contributed by atoms with van der Waals surface area (Å²) in [6, 6.07) is 92.7. The van der Waals surface area contributed by atoms with E-state index >= 15 is 0 Å². The topological polar surface area (TPSA) is 8.17 Å². The number of hydrogen-bond acceptors (Lipinski definition) is 1. The number of hydrogen-bond donors (Lipinski definition) is 0. The number of benzene rings is 11. The lowest BCUT2D eigenvalue weighted by Gasteiger charge is -2.28. The Kier molecular flexibility index (Phi) is 9.20. The Morgan fingerprint density at radius 1 is 0.266 bits per heavy atom. The van der Waals surface area contributed by atoms with Crippen molar-refractivity contribution in [1.82, 2.24) is 4.57 Å². The minimum Gasteiger partial charge on any atom is -0.310 e. The summed E-state index contributed by atoms with van der Waals surface area (Å²) in [6.45, 7) is 0. The molecule has 300 valence electrons. The number of rotatable bonds is 8. The number of anilines is 3. The van der Waals surface area contributed by atoms with Crippen molar-refractivity contribution in [3.63, 3.8) is 0 Å². The highest BCUT2D eigenvalue weighted by Crippen LogP contribution is 2.43. The third kappa shape index (κ3) is 6.61. The molecule has 0 aliphatic heterocycles. The highest BCUT2D eigenvalue weighted by molar-refractivity contribution is 6.09. The van der Waals surface area contributed by atoms with Crippen LogP contribution < -0.4 is 4.90 Å². The number of fused-ring (bicyclic) bond motifs is 5. The molecule has 11 aromatic carbocycles. The van der Waals surface area contributed by atoms with E-state index in [0.717, 1.165) is 28.3 Å². The lowest BCUT2D eigenvalue weighted by molar-refractivity contribution is 1.18. The normalized spacial score (nSPS) is 11.4. The molecule has 0 unspecified atom stereocenters. The summed E-state index contributed by atoms with van der Waals surface area (Å²) in [6.07, 6.45) is 0. The van der Waals surface area contributed by atoms with Crippen molar-refractivity contribution in [3.05, 3.63) is 255 Å². The maximum absolute atomic E-state index is 2.40. The van der Waals surface area contributed by atoms with Crippen molar-refractivity contribution >= 4 is 60.4 Å². The van der Waals surface area contributed by atoms with E-state index in [-0.39, 0.29) is 0 Å². The van der Waals surface area contributed by atoms with Crippen molar-refractivity contribution in [1.29, 1.82) is 0 Å². The van der Waals surface area contributed by atoms with Gasteiger partial charge in [0.2, 0.25) is 0 Å². The van der Waals surface area contributed by atoms with Crippen LogP contribution in [0.4, 0.5) is 17.1 Å². The van der Waals surface area contributed by atoms with Crippen LogP contribution in [0.1, 0.15) is 0 Å². The van der Waals surface area contributed by atoms with E-state index in [1.807, 2.05) is 0 Å². The van der Waals surface area contributed by atoms with Crippen LogP contribution >= 0.6 is 0 Å². The smallest absolute Gasteiger partial charge is 0.0541 e. The molecule has 2 heteroatoms. The van der Waals surface area contributed by atoms with Crippen LogP contribution in [0.15, 0.2) is 255 Å². The summed E-state index contributed by atoms with van der Waals surface area (Å²) in [5.41, 5.74) is 16.4.